The van der Waals surface area contributed by atoms with Crippen LogP contribution in [0.5, 0.6) is 5.75 Å². The van der Waals surface area contributed by atoms with E-state index in [1.54, 1.807) is 11.8 Å². The molecule has 2 N–H and O–H groups in total. The Balaban J connectivity index is 1.99. The summed E-state index contributed by atoms with van der Waals surface area (Å²) >= 11 is 0. The third kappa shape index (κ3) is 4.37. The van der Waals surface area contributed by atoms with E-state index in [-0.39, 0.29) is 18.1 Å². The van der Waals surface area contributed by atoms with Crippen LogP contribution < -0.4 is 10.1 Å². The van der Waals surface area contributed by atoms with Gasteiger partial charge >= 0.3 is 6.03 Å². The van der Waals surface area contributed by atoms with Crippen molar-refractivity contribution in [3.05, 3.63) is 24.3 Å². The molecule has 1 aliphatic heterocycles. The second-order valence-corrected chi connectivity index (χ2v) is 5.86. The Kier molecular flexibility index (Phi) is 6.07. The van der Waals surface area contributed by atoms with Crippen molar-refractivity contribution < 1.29 is 14.6 Å². The first-order valence-corrected chi connectivity index (χ1v) is 8.07. The van der Waals surface area contributed by atoms with Crippen LogP contribution in [0.15, 0.2) is 24.3 Å². The summed E-state index contributed by atoms with van der Waals surface area (Å²) in [4.78, 5) is 14.2. The molecule has 0 radical (unpaired) electrons. The van der Waals surface area contributed by atoms with E-state index in [0.717, 1.165) is 25.8 Å². The zero-order valence-corrected chi connectivity index (χ0v) is 13.4. The van der Waals surface area contributed by atoms with E-state index in [1.807, 2.05) is 31.2 Å². The summed E-state index contributed by atoms with van der Waals surface area (Å²) in [6.45, 7) is 5.79. The van der Waals surface area contributed by atoms with Crippen molar-refractivity contribution in [3.8, 4) is 5.75 Å². The van der Waals surface area contributed by atoms with Gasteiger partial charge in [-0.3, -0.25) is 0 Å². The number of para-hydroxylation sites is 2. The predicted octanol–water partition coefficient (Wildman–Crippen LogP) is 3.10. The lowest BCUT2D eigenvalue weighted by Gasteiger charge is -2.34. The van der Waals surface area contributed by atoms with Crippen LogP contribution in [0, 0.1) is 5.92 Å². The van der Waals surface area contributed by atoms with Gasteiger partial charge in [0, 0.05) is 19.0 Å². The number of urea groups is 1. The van der Waals surface area contributed by atoms with Gasteiger partial charge in [-0.25, -0.2) is 4.79 Å². The number of hydrogen-bond donors (Lipinski definition) is 2. The molecule has 5 heteroatoms. The fourth-order valence-corrected chi connectivity index (χ4v) is 2.69. The van der Waals surface area contributed by atoms with Crippen LogP contribution in [-0.2, 0) is 0 Å². The highest BCUT2D eigenvalue weighted by atomic mass is 16.5. The first kappa shape index (κ1) is 16.6. The number of hydrogen-bond acceptors (Lipinski definition) is 3. The molecule has 1 heterocycles. The highest BCUT2D eigenvalue weighted by Gasteiger charge is 2.26. The molecule has 0 aromatic heterocycles. The van der Waals surface area contributed by atoms with Crippen molar-refractivity contribution in [3.63, 3.8) is 0 Å². The van der Waals surface area contributed by atoms with E-state index in [2.05, 4.69) is 5.32 Å². The Labute approximate surface area is 132 Å². The molecule has 2 unspecified atom stereocenters. The number of piperidine rings is 1. The van der Waals surface area contributed by atoms with Gasteiger partial charge in [-0.05, 0) is 38.3 Å². The third-order valence-corrected chi connectivity index (χ3v) is 4.02. The predicted molar refractivity (Wildman–Crippen MR) is 87.2 cm³/mol. The summed E-state index contributed by atoms with van der Waals surface area (Å²) in [5.41, 5.74) is 0.695. The lowest BCUT2D eigenvalue weighted by molar-refractivity contribution is 0.0766. The van der Waals surface area contributed by atoms with E-state index < -0.39 is 0 Å². The molecule has 1 aromatic carbocycles. The minimum Gasteiger partial charge on any atom is -0.491 e. The van der Waals surface area contributed by atoms with Crippen molar-refractivity contribution in [2.75, 3.05) is 25.0 Å². The summed E-state index contributed by atoms with van der Waals surface area (Å²) in [6.07, 6.45) is 2.44. The number of aliphatic hydroxyl groups excluding tert-OH is 1. The van der Waals surface area contributed by atoms with Crippen molar-refractivity contribution in [1.29, 1.82) is 0 Å². The van der Waals surface area contributed by atoms with E-state index in [9.17, 15) is 9.90 Å². The Hall–Kier alpha value is -1.75. The lowest BCUT2D eigenvalue weighted by Crippen LogP contribution is -2.44. The lowest BCUT2D eigenvalue weighted by atomic mass is 9.94. The van der Waals surface area contributed by atoms with Crippen LogP contribution in [0.1, 0.15) is 33.1 Å². The summed E-state index contributed by atoms with van der Waals surface area (Å²) in [5.74, 6) is 0.855. The Morgan fingerprint density at radius 3 is 3.00 bits per heavy atom. The molecule has 2 amide bonds. The smallest absolute Gasteiger partial charge is 0.321 e. The number of nitrogens with one attached hydrogen (secondary N) is 1. The highest BCUT2D eigenvalue weighted by molar-refractivity contribution is 5.91. The van der Waals surface area contributed by atoms with E-state index in [0.29, 0.717) is 24.6 Å². The molecule has 1 saturated heterocycles. The van der Waals surface area contributed by atoms with Crippen LogP contribution in [0.4, 0.5) is 10.5 Å². The second kappa shape index (κ2) is 8.03. The number of aliphatic hydroxyl groups is 1. The number of carbonyl (C=O) groups is 1. The normalized spacial score (nSPS) is 19.6. The number of nitrogens with zero attached hydrogens (tertiary/aromatic N) is 1. The number of anilines is 1. The van der Waals surface area contributed by atoms with Gasteiger partial charge in [-0.15, -0.1) is 0 Å². The van der Waals surface area contributed by atoms with Crippen molar-refractivity contribution in [2.24, 2.45) is 5.92 Å². The average molecular weight is 306 g/mol. The standard InChI is InChI=1S/C17H26N2O3/c1-3-11-22-16-9-5-4-8-15(16)18-17(21)19-10-6-7-14(12-19)13(2)20/h4-5,8-9,13-14,20H,3,6-7,10-12H2,1-2H3,(H,18,21). The number of benzene rings is 1. The van der Waals surface area contributed by atoms with Crippen LogP contribution in [0.3, 0.4) is 0 Å². The Morgan fingerprint density at radius 2 is 2.27 bits per heavy atom. The minimum absolute atomic E-state index is 0.127. The summed E-state index contributed by atoms with van der Waals surface area (Å²) in [6, 6.07) is 7.35. The molecular weight excluding hydrogens is 280 g/mol. The van der Waals surface area contributed by atoms with Gasteiger partial charge in [-0.2, -0.15) is 0 Å². The molecule has 0 aliphatic carbocycles. The molecule has 122 valence electrons. The zero-order chi connectivity index (χ0) is 15.9. The molecule has 1 aromatic rings. The number of carbonyl (C=O) groups excluding carboxylic acids is 1. The maximum atomic E-state index is 12.4. The SMILES string of the molecule is CCCOc1ccccc1NC(=O)N1CCCC(C(C)O)C1. The molecule has 5 nitrogen and oxygen atoms in total. The second-order valence-electron chi connectivity index (χ2n) is 5.86. The molecule has 22 heavy (non-hydrogen) atoms. The number of likely N-dealkylation sites (tertiary alicyclic amines) is 1. The molecule has 0 bridgehead atoms. The molecule has 0 spiro atoms. The molecule has 2 atom stereocenters. The van der Waals surface area contributed by atoms with Gasteiger partial charge in [0.1, 0.15) is 5.75 Å². The van der Waals surface area contributed by atoms with Gasteiger partial charge in [0.15, 0.2) is 0 Å². The third-order valence-electron chi connectivity index (χ3n) is 4.02. The number of amides is 2. The van der Waals surface area contributed by atoms with Crippen molar-refractivity contribution >= 4 is 11.7 Å². The van der Waals surface area contributed by atoms with Gasteiger partial charge in [0.25, 0.3) is 0 Å². The molecular formula is C17H26N2O3. The first-order chi connectivity index (χ1) is 10.6. The van der Waals surface area contributed by atoms with Crippen LogP contribution in [-0.4, -0.2) is 41.8 Å². The maximum absolute atomic E-state index is 12.4. The topological polar surface area (TPSA) is 61.8 Å². The molecule has 2 rings (SSSR count). The van der Waals surface area contributed by atoms with Gasteiger partial charge < -0.3 is 20.1 Å². The van der Waals surface area contributed by atoms with E-state index >= 15 is 0 Å². The molecule has 1 aliphatic rings. The monoisotopic (exact) mass is 306 g/mol. The van der Waals surface area contributed by atoms with Crippen LogP contribution in [0.2, 0.25) is 0 Å². The van der Waals surface area contributed by atoms with Gasteiger partial charge in [0.05, 0.1) is 18.4 Å². The molecule has 0 saturated carbocycles. The van der Waals surface area contributed by atoms with E-state index in [1.165, 1.54) is 0 Å². The highest BCUT2D eigenvalue weighted by Crippen LogP contribution is 2.25. The Morgan fingerprint density at radius 1 is 1.50 bits per heavy atom. The van der Waals surface area contributed by atoms with E-state index in [4.69, 9.17) is 4.74 Å². The minimum atomic E-state index is -0.379. The Bertz CT molecular complexity index is 491. The largest absolute Gasteiger partial charge is 0.491 e. The fraction of sp³-hybridized carbons (Fsp3) is 0.588. The quantitative estimate of drug-likeness (QED) is 0.878. The fourth-order valence-electron chi connectivity index (χ4n) is 2.69. The van der Waals surface area contributed by atoms with Gasteiger partial charge in [-0.1, -0.05) is 19.1 Å². The number of ether oxygens (including phenoxy) is 1. The van der Waals surface area contributed by atoms with Crippen molar-refractivity contribution in [1.82, 2.24) is 4.90 Å². The summed E-state index contributed by atoms with van der Waals surface area (Å²) in [7, 11) is 0. The zero-order valence-electron chi connectivity index (χ0n) is 13.4. The van der Waals surface area contributed by atoms with Crippen LogP contribution >= 0.6 is 0 Å². The van der Waals surface area contributed by atoms with Crippen LogP contribution in [0.25, 0.3) is 0 Å². The average Bonchev–Trinajstić information content (AvgIpc) is 2.54. The maximum Gasteiger partial charge on any atom is 0.321 e. The number of rotatable bonds is 5. The van der Waals surface area contributed by atoms with Crippen molar-refractivity contribution in [2.45, 2.75) is 39.2 Å². The van der Waals surface area contributed by atoms with Gasteiger partial charge in [0.2, 0.25) is 0 Å². The summed E-state index contributed by atoms with van der Waals surface area (Å²) in [5, 5.41) is 12.7. The first-order valence-electron chi connectivity index (χ1n) is 8.07. The summed E-state index contributed by atoms with van der Waals surface area (Å²) < 4.78 is 5.66. The molecule has 1 fully saturated rings.